The van der Waals surface area contributed by atoms with Crippen molar-refractivity contribution in [3.8, 4) is 0 Å². The average molecular weight is 412 g/mol. The van der Waals surface area contributed by atoms with Gasteiger partial charge in [-0.05, 0) is 37.3 Å². The largest absolute Gasteiger partial charge is 0.379 e. The van der Waals surface area contributed by atoms with Gasteiger partial charge in [0.1, 0.15) is 5.82 Å². The molecule has 1 unspecified atom stereocenters. The molecule has 144 valence electrons. The van der Waals surface area contributed by atoms with Crippen molar-refractivity contribution in [3.63, 3.8) is 0 Å². The van der Waals surface area contributed by atoms with Crippen LogP contribution in [0.1, 0.15) is 18.2 Å². The first-order valence-electron chi connectivity index (χ1n) is 8.08. The van der Waals surface area contributed by atoms with Crippen LogP contribution in [0, 0.1) is 11.2 Å². The summed E-state index contributed by atoms with van der Waals surface area (Å²) in [6, 6.07) is 7.88. The lowest BCUT2D eigenvalue weighted by atomic mass is 9.93. The van der Waals surface area contributed by atoms with Gasteiger partial charge in [0.05, 0.1) is 28.6 Å². The van der Waals surface area contributed by atoms with E-state index in [0.29, 0.717) is 17.3 Å². The molecule has 1 saturated heterocycles. The second-order valence-electron chi connectivity index (χ2n) is 6.55. The molecule has 3 N–H and O–H groups in total. The van der Waals surface area contributed by atoms with Crippen molar-refractivity contribution in [1.82, 2.24) is 14.6 Å². The lowest BCUT2D eigenvalue weighted by molar-refractivity contribution is 0.403. The third-order valence-electron chi connectivity index (χ3n) is 4.42. The van der Waals surface area contributed by atoms with Gasteiger partial charge in [0.2, 0.25) is 16.0 Å². The van der Waals surface area contributed by atoms with Crippen molar-refractivity contribution in [2.24, 2.45) is 0 Å². The quantitative estimate of drug-likeness (QED) is 0.718. The second kappa shape index (κ2) is 6.97. The van der Waals surface area contributed by atoms with Gasteiger partial charge >= 0.3 is 0 Å². The lowest BCUT2D eigenvalue weighted by Gasteiger charge is -2.40. The van der Waals surface area contributed by atoms with Gasteiger partial charge in [-0.15, -0.1) is 0 Å². The number of rotatable bonds is 4. The molecular weight excluding hydrogens is 393 g/mol. The van der Waals surface area contributed by atoms with Gasteiger partial charge in [-0.1, -0.05) is 11.6 Å². The minimum absolute atomic E-state index is 0.165. The van der Waals surface area contributed by atoms with Crippen molar-refractivity contribution < 1.29 is 12.8 Å². The van der Waals surface area contributed by atoms with E-state index in [4.69, 9.17) is 17.0 Å². The van der Waals surface area contributed by atoms with Crippen molar-refractivity contribution >= 4 is 33.3 Å². The minimum atomic E-state index is -3.72. The van der Waals surface area contributed by atoms with E-state index in [2.05, 4.69) is 15.6 Å². The van der Waals surface area contributed by atoms with Crippen LogP contribution in [0.25, 0.3) is 0 Å². The van der Waals surface area contributed by atoms with Gasteiger partial charge < -0.3 is 10.6 Å². The predicted octanol–water partition coefficient (Wildman–Crippen LogP) is 2.50. The van der Waals surface area contributed by atoms with Crippen molar-refractivity contribution in [2.45, 2.75) is 19.0 Å². The SMILES string of the molecule is CN1C(=N)NC(C)(c2cc(NCc3ccc(Cl)cn3)ccc2F)CS1(=O)=O. The highest BCUT2D eigenvalue weighted by Crippen LogP contribution is 2.31. The van der Waals surface area contributed by atoms with E-state index in [1.807, 2.05) is 0 Å². The Morgan fingerprint density at radius 3 is 2.78 bits per heavy atom. The fourth-order valence-corrected chi connectivity index (χ4v) is 4.47. The van der Waals surface area contributed by atoms with Crippen LogP contribution in [0.15, 0.2) is 36.5 Å². The maximum atomic E-state index is 14.5. The maximum absolute atomic E-state index is 14.5. The summed E-state index contributed by atoms with van der Waals surface area (Å²) < 4.78 is 40.0. The highest BCUT2D eigenvalue weighted by atomic mass is 35.5. The number of nitrogens with one attached hydrogen (secondary N) is 3. The summed E-state index contributed by atoms with van der Waals surface area (Å²) in [7, 11) is -2.43. The van der Waals surface area contributed by atoms with E-state index >= 15 is 0 Å². The number of halogens is 2. The summed E-state index contributed by atoms with van der Waals surface area (Å²) >= 11 is 5.81. The molecule has 0 bridgehead atoms. The summed E-state index contributed by atoms with van der Waals surface area (Å²) in [5, 5.41) is 14.3. The summed E-state index contributed by atoms with van der Waals surface area (Å²) in [6.45, 7) is 1.96. The highest BCUT2D eigenvalue weighted by Gasteiger charge is 2.43. The Kier molecular flexibility index (Phi) is 5.00. The zero-order valence-electron chi connectivity index (χ0n) is 14.8. The molecule has 0 spiro atoms. The van der Waals surface area contributed by atoms with Crippen molar-refractivity contribution in [2.75, 3.05) is 18.1 Å². The molecule has 2 heterocycles. The van der Waals surface area contributed by atoms with E-state index in [9.17, 15) is 12.8 Å². The number of benzene rings is 1. The molecule has 1 aliphatic heterocycles. The van der Waals surface area contributed by atoms with Crippen LogP contribution in [0.5, 0.6) is 0 Å². The second-order valence-corrected chi connectivity index (χ2v) is 8.98. The molecule has 0 aliphatic carbocycles. The molecule has 3 rings (SSSR count). The highest BCUT2D eigenvalue weighted by molar-refractivity contribution is 7.89. The standard InChI is InChI=1S/C17H19ClFN5O2S/c1-17(10-27(25,26)24(2)16(20)23-17)14-7-12(5-6-15(14)19)22-9-13-4-3-11(18)8-21-13/h3-8,22H,9-10H2,1-2H3,(H2,20,23). The first kappa shape index (κ1) is 19.4. The number of pyridine rings is 1. The predicted molar refractivity (Wildman–Crippen MR) is 103 cm³/mol. The Bertz CT molecular complexity index is 983. The number of aromatic nitrogens is 1. The zero-order valence-corrected chi connectivity index (χ0v) is 16.3. The van der Waals surface area contributed by atoms with Crippen LogP contribution < -0.4 is 10.6 Å². The fourth-order valence-electron chi connectivity index (χ4n) is 2.88. The van der Waals surface area contributed by atoms with E-state index in [0.717, 1.165) is 10.00 Å². The topological polar surface area (TPSA) is 98.2 Å². The molecule has 0 amide bonds. The van der Waals surface area contributed by atoms with E-state index in [-0.39, 0.29) is 17.3 Å². The third kappa shape index (κ3) is 3.98. The Morgan fingerprint density at radius 1 is 1.41 bits per heavy atom. The molecule has 1 aromatic carbocycles. The zero-order chi connectivity index (χ0) is 19.8. The molecule has 1 aromatic heterocycles. The maximum Gasteiger partial charge on any atom is 0.239 e. The summed E-state index contributed by atoms with van der Waals surface area (Å²) in [4.78, 5) is 4.18. The van der Waals surface area contributed by atoms with Crippen LogP contribution in [0.4, 0.5) is 10.1 Å². The summed E-state index contributed by atoms with van der Waals surface area (Å²) in [5.41, 5.74) is 0.258. The molecule has 10 heteroatoms. The van der Waals surface area contributed by atoms with Crippen LogP contribution in [0.2, 0.25) is 5.02 Å². The van der Waals surface area contributed by atoms with Gasteiger partial charge in [-0.2, -0.15) is 0 Å². The van der Waals surface area contributed by atoms with Gasteiger partial charge in [-0.25, -0.2) is 17.1 Å². The Balaban J connectivity index is 1.86. The minimum Gasteiger partial charge on any atom is -0.379 e. The smallest absolute Gasteiger partial charge is 0.239 e. The Hall–Kier alpha value is -2.39. The van der Waals surface area contributed by atoms with Crippen molar-refractivity contribution in [1.29, 1.82) is 5.41 Å². The van der Waals surface area contributed by atoms with Crippen molar-refractivity contribution in [3.05, 3.63) is 58.6 Å². The Morgan fingerprint density at radius 2 is 2.15 bits per heavy atom. The average Bonchev–Trinajstić information content (AvgIpc) is 2.60. The molecule has 0 radical (unpaired) electrons. The van der Waals surface area contributed by atoms with Gasteiger partial charge in [0.15, 0.2) is 0 Å². The summed E-state index contributed by atoms with van der Waals surface area (Å²) in [5.74, 6) is -1.21. The molecule has 2 aromatic rings. The molecular formula is C17H19ClFN5O2S. The number of guanidine groups is 1. The van der Waals surface area contributed by atoms with E-state index < -0.39 is 21.4 Å². The molecule has 0 saturated carbocycles. The number of hydrogen-bond donors (Lipinski definition) is 3. The molecule has 7 nitrogen and oxygen atoms in total. The molecule has 27 heavy (non-hydrogen) atoms. The van der Waals surface area contributed by atoms with Crippen LogP contribution in [0.3, 0.4) is 0 Å². The van der Waals surface area contributed by atoms with Crippen LogP contribution in [-0.2, 0) is 22.1 Å². The number of hydrogen-bond acceptors (Lipinski definition) is 5. The lowest BCUT2D eigenvalue weighted by Crippen LogP contribution is -2.61. The van der Waals surface area contributed by atoms with Crippen LogP contribution in [-0.4, -0.2) is 36.5 Å². The monoisotopic (exact) mass is 411 g/mol. The molecule has 1 aliphatic rings. The van der Waals surface area contributed by atoms with Gasteiger partial charge in [-0.3, -0.25) is 10.4 Å². The number of nitrogens with zero attached hydrogens (tertiary/aromatic N) is 2. The molecule has 1 fully saturated rings. The summed E-state index contributed by atoms with van der Waals surface area (Å²) in [6.07, 6.45) is 1.54. The van der Waals surface area contributed by atoms with Crippen LogP contribution >= 0.6 is 11.6 Å². The normalized spacial score (nSPS) is 21.6. The van der Waals surface area contributed by atoms with E-state index in [1.165, 1.54) is 19.3 Å². The number of anilines is 1. The molecule has 1 atom stereocenters. The first-order chi connectivity index (χ1) is 12.6. The fraction of sp³-hybridized carbons (Fsp3) is 0.294. The van der Waals surface area contributed by atoms with E-state index in [1.54, 1.807) is 31.2 Å². The third-order valence-corrected chi connectivity index (χ3v) is 6.60. The Labute approximate surface area is 162 Å². The van der Waals surface area contributed by atoms with Gasteiger partial charge in [0, 0.05) is 24.5 Å². The van der Waals surface area contributed by atoms with Gasteiger partial charge in [0.25, 0.3) is 0 Å². The first-order valence-corrected chi connectivity index (χ1v) is 10.1. The number of sulfonamides is 1.